The van der Waals surface area contributed by atoms with Crippen LogP contribution in [-0.4, -0.2) is 34.7 Å². The summed E-state index contributed by atoms with van der Waals surface area (Å²) in [5.41, 5.74) is 1.80. The van der Waals surface area contributed by atoms with E-state index >= 15 is 0 Å². The zero-order valence-electron chi connectivity index (χ0n) is 12.7. The summed E-state index contributed by atoms with van der Waals surface area (Å²) in [7, 11) is 0. The van der Waals surface area contributed by atoms with Gasteiger partial charge in [-0.3, -0.25) is 0 Å². The van der Waals surface area contributed by atoms with Crippen LogP contribution in [0.3, 0.4) is 0 Å². The molecule has 0 fully saturated rings. The topological polar surface area (TPSA) is 52.6 Å². The number of aliphatic hydroxyl groups excluding tert-OH is 1. The Hall–Kier alpha value is -1.75. The van der Waals surface area contributed by atoms with Gasteiger partial charge in [-0.2, -0.15) is 0 Å². The van der Waals surface area contributed by atoms with Crippen molar-refractivity contribution in [1.82, 2.24) is 4.90 Å². The summed E-state index contributed by atoms with van der Waals surface area (Å²) >= 11 is 12.1. The number of hydrogen-bond donors (Lipinski definition) is 2. The number of nitrogens with one attached hydrogen (secondary N) is 1. The summed E-state index contributed by atoms with van der Waals surface area (Å²) in [6.45, 7) is 9.47. The maximum absolute atomic E-state index is 12.6. The molecule has 23 heavy (non-hydrogen) atoms. The van der Waals surface area contributed by atoms with Crippen LogP contribution in [0, 0.1) is 0 Å². The first kappa shape index (κ1) is 17.6. The fraction of sp³-hybridized carbons (Fsp3) is 0.235. The summed E-state index contributed by atoms with van der Waals surface area (Å²) in [4.78, 5) is 14.1. The minimum absolute atomic E-state index is 0.147. The number of β-amino-alcohol motifs (C(OH)–C–C–N with tert-alkyl or cyclic N) is 1. The van der Waals surface area contributed by atoms with Gasteiger partial charge in [0.2, 0.25) is 0 Å². The molecule has 1 heterocycles. The molecule has 2 rings (SSSR count). The molecule has 122 valence electrons. The van der Waals surface area contributed by atoms with Crippen molar-refractivity contribution in [1.29, 1.82) is 0 Å². The minimum atomic E-state index is -0.816. The Labute approximate surface area is 145 Å². The molecule has 0 saturated carbocycles. The number of halogens is 2. The Morgan fingerprint density at radius 2 is 1.87 bits per heavy atom. The zero-order valence-corrected chi connectivity index (χ0v) is 14.2. The van der Waals surface area contributed by atoms with Gasteiger partial charge in [0.25, 0.3) is 0 Å². The molecule has 0 radical (unpaired) electrons. The number of carbonyl (C=O) groups excluding carboxylic acids is 1. The molecule has 6 heteroatoms. The van der Waals surface area contributed by atoms with Crippen molar-refractivity contribution >= 4 is 34.9 Å². The Balaban J connectivity index is 2.29. The highest BCUT2D eigenvalue weighted by Gasteiger charge is 2.32. The fourth-order valence-corrected chi connectivity index (χ4v) is 3.13. The van der Waals surface area contributed by atoms with Gasteiger partial charge < -0.3 is 15.3 Å². The van der Waals surface area contributed by atoms with Crippen LogP contribution in [0.2, 0.25) is 10.0 Å². The third kappa shape index (κ3) is 3.44. The largest absolute Gasteiger partial charge is 0.387 e. The number of urea groups is 1. The highest BCUT2D eigenvalue weighted by atomic mass is 35.5. The van der Waals surface area contributed by atoms with Gasteiger partial charge in [-0.15, -0.1) is 0 Å². The van der Waals surface area contributed by atoms with E-state index in [0.717, 1.165) is 5.57 Å². The molecule has 0 bridgehead atoms. The maximum Gasteiger partial charge on any atom is 0.322 e. The zero-order chi connectivity index (χ0) is 17.1. The number of carbonyl (C=O) groups is 1. The van der Waals surface area contributed by atoms with Gasteiger partial charge in [0.05, 0.1) is 34.4 Å². The van der Waals surface area contributed by atoms with Crippen molar-refractivity contribution in [2.45, 2.75) is 19.1 Å². The summed E-state index contributed by atoms with van der Waals surface area (Å²) in [5, 5.41) is 13.6. The monoisotopic (exact) mass is 352 g/mol. The van der Waals surface area contributed by atoms with Crippen molar-refractivity contribution in [3.8, 4) is 0 Å². The average molecular weight is 353 g/mol. The summed E-state index contributed by atoms with van der Waals surface area (Å²) in [5.74, 6) is 0. The maximum atomic E-state index is 12.6. The first-order valence-corrected chi connectivity index (χ1v) is 7.85. The molecule has 0 aromatic heterocycles. The van der Waals surface area contributed by atoms with Crippen molar-refractivity contribution < 1.29 is 9.90 Å². The standard InChI is InChI=1S/C17H18Cl2N2O2/c1-4-11-10(3)21(9-15(22)12(11)5-2)17(23)20-16-13(18)7-6-8-14(16)19/h4-8,10,15,22H,1-2,9H2,3H3,(H,20,23). The SMILES string of the molecule is C=CC1=C(C=C)C(C)N(C(=O)Nc2c(Cl)cccc2Cl)CC1O. The van der Waals surface area contributed by atoms with Crippen molar-refractivity contribution in [2.75, 3.05) is 11.9 Å². The molecule has 1 aromatic carbocycles. The number of nitrogens with zero attached hydrogens (tertiary/aromatic N) is 1. The van der Waals surface area contributed by atoms with Crippen LogP contribution in [0.5, 0.6) is 0 Å². The first-order valence-electron chi connectivity index (χ1n) is 7.09. The second kappa shape index (κ2) is 7.21. The molecule has 1 aromatic rings. The lowest BCUT2D eigenvalue weighted by Crippen LogP contribution is -2.50. The highest BCUT2D eigenvalue weighted by Crippen LogP contribution is 2.31. The average Bonchev–Trinajstić information content (AvgIpc) is 2.52. The molecule has 0 aliphatic carbocycles. The van der Waals surface area contributed by atoms with E-state index in [0.29, 0.717) is 21.3 Å². The van der Waals surface area contributed by atoms with Crippen LogP contribution >= 0.6 is 23.2 Å². The van der Waals surface area contributed by atoms with Crippen LogP contribution in [0.4, 0.5) is 10.5 Å². The van der Waals surface area contributed by atoms with Gasteiger partial charge in [0, 0.05) is 0 Å². The number of amides is 2. The first-order chi connectivity index (χ1) is 10.9. The summed E-state index contributed by atoms with van der Waals surface area (Å²) in [6, 6.07) is 4.33. The molecule has 0 saturated heterocycles. The van der Waals surface area contributed by atoms with E-state index in [-0.39, 0.29) is 12.6 Å². The van der Waals surface area contributed by atoms with Crippen molar-refractivity contribution in [2.24, 2.45) is 0 Å². The van der Waals surface area contributed by atoms with Crippen LogP contribution in [0.15, 0.2) is 54.7 Å². The Morgan fingerprint density at radius 3 is 2.39 bits per heavy atom. The van der Waals surface area contributed by atoms with Gasteiger partial charge in [0.15, 0.2) is 0 Å². The number of rotatable bonds is 3. The number of para-hydroxylation sites is 1. The molecule has 1 aliphatic heterocycles. The lowest BCUT2D eigenvalue weighted by atomic mass is 9.92. The number of anilines is 1. The van der Waals surface area contributed by atoms with E-state index < -0.39 is 12.1 Å². The van der Waals surface area contributed by atoms with E-state index in [1.807, 2.05) is 6.92 Å². The van der Waals surface area contributed by atoms with Gasteiger partial charge in [-0.05, 0) is 30.2 Å². The molecule has 2 N–H and O–H groups in total. The van der Waals surface area contributed by atoms with Gasteiger partial charge in [-0.25, -0.2) is 4.79 Å². The van der Waals surface area contributed by atoms with Crippen molar-refractivity contribution in [3.05, 3.63) is 64.7 Å². The van der Waals surface area contributed by atoms with Gasteiger partial charge >= 0.3 is 6.03 Å². The predicted molar refractivity (Wildman–Crippen MR) is 95.1 cm³/mol. The normalized spacial score (nSPS) is 21.1. The minimum Gasteiger partial charge on any atom is -0.387 e. The molecular weight excluding hydrogens is 335 g/mol. The third-order valence-electron chi connectivity index (χ3n) is 3.87. The molecule has 4 nitrogen and oxygen atoms in total. The quantitative estimate of drug-likeness (QED) is 0.853. The van der Waals surface area contributed by atoms with E-state index in [1.165, 1.54) is 4.90 Å². The van der Waals surface area contributed by atoms with Gasteiger partial charge in [0.1, 0.15) is 0 Å². The Bertz CT molecular complexity index is 665. The van der Waals surface area contributed by atoms with Gasteiger partial charge in [-0.1, -0.05) is 54.6 Å². The fourth-order valence-electron chi connectivity index (χ4n) is 2.64. The van der Waals surface area contributed by atoms with Crippen LogP contribution < -0.4 is 5.32 Å². The Morgan fingerprint density at radius 1 is 1.30 bits per heavy atom. The van der Waals surface area contributed by atoms with Crippen LogP contribution in [-0.2, 0) is 0 Å². The molecule has 2 unspecified atom stereocenters. The van der Waals surface area contributed by atoms with Crippen LogP contribution in [0.25, 0.3) is 0 Å². The van der Waals surface area contributed by atoms with Crippen LogP contribution in [0.1, 0.15) is 6.92 Å². The third-order valence-corrected chi connectivity index (χ3v) is 4.50. The molecule has 2 amide bonds. The van der Waals surface area contributed by atoms with E-state index in [1.54, 1.807) is 30.4 Å². The van der Waals surface area contributed by atoms with E-state index in [4.69, 9.17) is 23.2 Å². The molecule has 1 aliphatic rings. The summed E-state index contributed by atoms with van der Waals surface area (Å²) < 4.78 is 0. The Kier molecular flexibility index (Phi) is 5.52. The number of benzene rings is 1. The lowest BCUT2D eigenvalue weighted by Gasteiger charge is -2.38. The number of aliphatic hydroxyl groups is 1. The predicted octanol–water partition coefficient (Wildman–Crippen LogP) is 4.26. The second-order valence-corrected chi connectivity index (χ2v) is 6.00. The van der Waals surface area contributed by atoms with Crippen molar-refractivity contribution in [3.63, 3.8) is 0 Å². The molecule has 0 spiro atoms. The van der Waals surface area contributed by atoms with E-state index in [2.05, 4.69) is 18.5 Å². The second-order valence-electron chi connectivity index (χ2n) is 5.19. The summed E-state index contributed by atoms with van der Waals surface area (Å²) in [6.07, 6.45) is 2.41. The number of hydrogen-bond acceptors (Lipinski definition) is 2. The lowest BCUT2D eigenvalue weighted by molar-refractivity contribution is 0.127. The smallest absolute Gasteiger partial charge is 0.322 e. The highest BCUT2D eigenvalue weighted by molar-refractivity contribution is 6.39. The molecular formula is C17H18Cl2N2O2. The molecule has 2 atom stereocenters. The van der Waals surface area contributed by atoms with E-state index in [9.17, 15) is 9.90 Å².